The molecule has 0 aromatic carbocycles. The van der Waals surface area contributed by atoms with Crippen molar-refractivity contribution in [2.75, 3.05) is 53.4 Å². The predicted molar refractivity (Wildman–Crippen MR) is 176 cm³/mol. The van der Waals surface area contributed by atoms with Gasteiger partial charge >= 0.3 is 5.97 Å². The van der Waals surface area contributed by atoms with Crippen LogP contribution in [0.2, 0.25) is 0 Å². The maximum absolute atomic E-state index is 14.1. The van der Waals surface area contributed by atoms with Gasteiger partial charge in [0.15, 0.2) is 5.78 Å². The molecule has 0 aromatic rings. The number of carbonyl (C=O) groups is 2. The number of rotatable bonds is 11. The summed E-state index contributed by atoms with van der Waals surface area (Å²) in [5.41, 5.74) is -1.78. The van der Waals surface area contributed by atoms with Gasteiger partial charge in [-0.25, -0.2) is 0 Å². The lowest BCUT2D eigenvalue weighted by atomic mass is 9.69. The van der Waals surface area contributed by atoms with Crippen LogP contribution in [-0.2, 0) is 19.1 Å². The lowest BCUT2D eigenvalue weighted by Crippen LogP contribution is -2.59. The molecule has 44 heavy (non-hydrogen) atoms. The standard InChI is InChI=1S/C35H67N3O6/c1-14-38-18-23(4)16-34(8,9)32(44-26(7)30(40)28(36(12)13)15-24(5)39)25(6)31(41)35(10,11)33(42)43-21-29(38)27-19-37(20-27)17-22(2)3/h22-30,32,39-40H,14-21H2,1-13H3/t23-,24-,25+,26-,28+,29+,30+,32-/m1/s1. The minimum atomic E-state index is -1.35. The molecule has 2 N–H and O–H groups in total. The number of nitrogens with zero attached hydrogens (tertiary/aromatic N) is 3. The molecule has 0 spiro atoms. The number of aliphatic hydroxyl groups excluding tert-OH is 2. The highest BCUT2D eigenvalue weighted by Gasteiger charge is 2.49. The lowest BCUT2D eigenvalue weighted by Gasteiger charge is -2.48. The van der Waals surface area contributed by atoms with E-state index >= 15 is 0 Å². The summed E-state index contributed by atoms with van der Waals surface area (Å²) in [6, 6.07) is -0.224. The van der Waals surface area contributed by atoms with Crippen LogP contribution in [0.15, 0.2) is 0 Å². The molecule has 2 rings (SSSR count). The minimum absolute atomic E-state index is 0.0982. The molecular formula is C35H67N3O6. The Morgan fingerprint density at radius 3 is 2.11 bits per heavy atom. The first-order valence-corrected chi connectivity index (χ1v) is 17.1. The molecule has 2 aliphatic rings. The van der Waals surface area contributed by atoms with E-state index in [1.54, 1.807) is 20.8 Å². The molecule has 0 unspecified atom stereocenters. The second-order valence-corrected chi connectivity index (χ2v) is 16.1. The molecule has 0 aliphatic carbocycles. The van der Waals surface area contributed by atoms with Gasteiger partial charge in [-0.3, -0.25) is 14.5 Å². The molecule has 2 heterocycles. The Morgan fingerprint density at radius 1 is 1.02 bits per heavy atom. The summed E-state index contributed by atoms with van der Waals surface area (Å²) in [6.07, 6.45) is -1.41. The number of likely N-dealkylation sites (tertiary alicyclic amines) is 1. The monoisotopic (exact) mass is 626 g/mol. The number of Topliss-reactive ketones (excluding diaryl/α,β-unsaturated/α-hetero) is 1. The second-order valence-electron chi connectivity index (χ2n) is 16.1. The number of ketones is 1. The van der Waals surface area contributed by atoms with Gasteiger partial charge in [-0.05, 0) is 78.4 Å². The first-order valence-electron chi connectivity index (χ1n) is 17.1. The quantitative estimate of drug-likeness (QED) is 0.261. The van der Waals surface area contributed by atoms with E-state index in [9.17, 15) is 19.8 Å². The summed E-state index contributed by atoms with van der Waals surface area (Å²) in [5, 5.41) is 21.5. The summed E-state index contributed by atoms with van der Waals surface area (Å²) >= 11 is 0. The molecule has 9 heteroatoms. The van der Waals surface area contributed by atoms with Crippen LogP contribution in [0.3, 0.4) is 0 Å². The van der Waals surface area contributed by atoms with Crippen molar-refractivity contribution in [3.05, 3.63) is 0 Å². The Labute approximate surface area is 269 Å². The zero-order valence-corrected chi connectivity index (χ0v) is 30.3. The second kappa shape index (κ2) is 16.1. The van der Waals surface area contributed by atoms with E-state index in [-0.39, 0.29) is 24.5 Å². The van der Waals surface area contributed by atoms with Crippen LogP contribution in [0.5, 0.6) is 0 Å². The number of ether oxygens (including phenoxy) is 2. The van der Waals surface area contributed by atoms with Crippen molar-refractivity contribution in [2.45, 2.75) is 126 Å². The number of likely N-dealkylation sites (N-methyl/N-ethyl adjacent to an activating group) is 2. The average Bonchev–Trinajstić information content (AvgIpc) is 2.89. The normalized spacial score (nSPS) is 30.9. The van der Waals surface area contributed by atoms with Gasteiger partial charge in [-0.1, -0.05) is 48.5 Å². The van der Waals surface area contributed by atoms with Crippen LogP contribution in [0.1, 0.15) is 89.0 Å². The van der Waals surface area contributed by atoms with E-state index < -0.39 is 47.1 Å². The van der Waals surface area contributed by atoms with Gasteiger partial charge in [-0.2, -0.15) is 0 Å². The Kier molecular flexibility index (Phi) is 14.3. The van der Waals surface area contributed by atoms with Crippen molar-refractivity contribution in [1.82, 2.24) is 14.7 Å². The molecule has 2 aliphatic heterocycles. The van der Waals surface area contributed by atoms with Crippen LogP contribution in [0.25, 0.3) is 0 Å². The first kappa shape index (κ1) is 39.1. The average molecular weight is 626 g/mol. The minimum Gasteiger partial charge on any atom is -0.463 e. The van der Waals surface area contributed by atoms with Crippen molar-refractivity contribution in [1.29, 1.82) is 0 Å². The molecule has 8 atom stereocenters. The first-order chi connectivity index (χ1) is 20.2. The molecule has 2 saturated heterocycles. The SMILES string of the molecule is CCN1C[C@H](C)CC(C)(C)[C@H](O[C@H](C)[C@H](O)[C@H](C[C@@H](C)O)N(C)C)[C@@H](C)C(=O)C(C)(C)C(=O)OC[C@H]1C1CN(CC(C)C)C1. The number of hydrogen-bond acceptors (Lipinski definition) is 9. The van der Waals surface area contributed by atoms with E-state index in [0.29, 0.717) is 24.2 Å². The number of esters is 1. The van der Waals surface area contributed by atoms with E-state index in [1.165, 1.54) is 0 Å². The van der Waals surface area contributed by atoms with Crippen LogP contribution < -0.4 is 0 Å². The predicted octanol–water partition coefficient (Wildman–Crippen LogP) is 3.94. The highest BCUT2D eigenvalue weighted by atomic mass is 16.5. The summed E-state index contributed by atoms with van der Waals surface area (Å²) in [6.45, 7) is 27.0. The summed E-state index contributed by atoms with van der Waals surface area (Å²) < 4.78 is 12.7. The molecule has 258 valence electrons. The van der Waals surface area contributed by atoms with Gasteiger partial charge in [-0.15, -0.1) is 0 Å². The third kappa shape index (κ3) is 9.95. The molecule has 2 fully saturated rings. The van der Waals surface area contributed by atoms with Crippen molar-refractivity contribution in [2.24, 2.45) is 34.5 Å². The van der Waals surface area contributed by atoms with Crippen molar-refractivity contribution < 1.29 is 29.3 Å². The number of cyclic esters (lactones) is 1. The molecule has 9 nitrogen and oxygen atoms in total. The maximum atomic E-state index is 14.1. The Morgan fingerprint density at radius 2 is 1.61 bits per heavy atom. The highest BCUT2D eigenvalue weighted by molar-refractivity contribution is 6.04. The van der Waals surface area contributed by atoms with Gasteiger partial charge in [0.1, 0.15) is 12.0 Å². The fourth-order valence-corrected chi connectivity index (χ4v) is 7.79. The van der Waals surface area contributed by atoms with Crippen LogP contribution >= 0.6 is 0 Å². The largest absolute Gasteiger partial charge is 0.463 e. The van der Waals surface area contributed by atoms with E-state index in [2.05, 4.69) is 51.3 Å². The van der Waals surface area contributed by atoms with Gasteiger partial charge in [0.25, 0.3) is 0 Å². The van der Waals surface area contributed by atoms with Crippen LogP contribution in [-0.4, -0.2) is 127 Å². The number of aliphatic hydroxyl groups is 2. The smallest absolute Gasteiger partial charge is 0.319 e. The third-order valence-corrected chi connectivity index (χ3v) is 10.1. The van der Waals surface area contributed by atoms with Crippen LogP contribution in [0, 0.1) is 34.5 Å². The summed E-state index contributed by atoms with van der Waals surface area (Å²) in [5.74, 6) is 0.00174. The fraction of sp³-hybridized carbons (Fsp3) is 0.943. The summed E-state index contributed by atoms with van der Waals surface area (Å²) in [4.78, 5) is 34.6. The molecule has 0 aromatic heterocycles. The topological polar surface area (TPSA) is 103 Å². The summed E-state index contributed by atoms with van der Waals surface area (Å²) in [7, 11) is 3.76. The highest BCUT2D eigenvalue weighted by Crippen LogP contribution is 2.40. The number of hydrogen-bond donors (Lipinski definition) is 2. The Bertz CT molecular complexity index is 916. The Hall–Kier alpha value is -1.10. The third-order valence-electron chi connectivity index (χ3n) is 10.1. The van der Waals surface area contributed by atoms with E-state index in [0.717, 1.165) is 39.1 Å². The molecule has 0 bridgehead atoms. The van der Waals surface area contributed by atoms with Gasteiger partial charge in [0.05, 0.1) is 24.4 Å². The van der Waals surface area contributed by atoms with E-state index in [1.807, 2.05) is 32.8 Å². The van der Waals surface area contributed by atoms with Crippen molar-refractivity contribution >= 4 is 11.8 Å². The Balaban J connectivity index is 2.42. The molecule has 0 saturated carbocycles. The van der Waals surface area contributed by atoms with Crippen LogP contribution in [0.4, 0.5) is 0 Å². The molecule has 0 radical (unpaired) electrons. The van der Waals surface area contributed by atoms with Gasteiger partial charge in [0, 0.05) is 50.1 Å². The van der Waals surface area contributed by atoms with Crippen molar-refractivity contribution in [3.8, 4) is 0 Å². The fourth-order valence-electron chi connectivity index (χ4n) is 7.79. The lowest BCUT2D eigenvalue weighted by molar-refractivity contribution is -0.170. The van der Waals surface area contributed by atoms with Gasteiger partial charge in [0.2, 0.25) is 0 Å². The van der Waals surface area contributed by atoms with Gasteiger partial charge < -0.3 is 29.5 Å². The van der Waals surface area contributed by atoms with E-state index in [4.69, 9.17) is 9.47 Å². The zero-order valence-electron chi connectivity index (χ0n) is 30.3. The molecular weight excluding hydrogens is 558 g/mol. The van der Waals surface area contributed by atoms with Crippen molar-refractivity contribution in [3.63, 3.8) is 0 Å². The molecule has 0 amide bonds. The maximum Gasteiger partial charge on any atom is 0.319 e. The zero-order chi connectivity index (χ0) is 33.7. The number of carbonyl (C=O) groups excluding carboxylic acids is 2.